The highest BCUT2D eigenvalue weighted by Crippen LogP contribution is 2.30. The van der Waals surface area contributed by atoms with Crippen molar-refractivity contribution in [1.29, 1.82) is 0 Å². The predicted molar refractivity (Wildman–Crippen MR) is 106 cm³/mol. The van der Waals surface area contributed by atoms with Gasteiger partial charge in [-0.15, -0.1) is 0 Å². The third-order valence-electron chi connectivity index (χ3n) is 3.73. The summed E-state index contributed by atoms with van der Waals surface area (Å²) in [6.07, 6.45) is 3.80. The van der Waals surface area contributed by atoms with Crippen molar-refractivity contribution in [2.24, 2.45) is 0 Å². The van der Waals surface area contributed by atoms with Gasteiger partial charge in [-0.25, -0.2) is 0 Å². The molecule has 0 saturated heterocycles. The molecule has 0 aliphatic rings. The Morgan fingerprint density at radius 2 is 1.82 bits per heavy atom. The summed E-state index contributed by atoms with van der Waals surface area (Å²) in [6, 6.07) is 9.30. The number of carbonyl (C=O) groups excluding carboxylic acids is 1. The van der Waals surface area contributed by atoms with Gasteiger partial charge in [0.15, 0.2) is 11.5 Å². The molecule has 0 fully saturated rings. The highest BCUT2D eigenvalue weighted by Gasteiger charge is 2.12. The highest BCUT2D eigenvalue weighted by molar-refractivity contribution is 6.03. The van der Waals surface area contributed by atoms with Crippen LogP contribution in [0, 0.1) is 10.1 Å². The van der Waals surface area contributed by atoms with E-state index in [-0.39, 0.29) is 11.4 Å². The van der Waals surface area contributed by atoms with E-state index in [1.54, 1.807) is 31.4 Å². The number of nitrogens with one attached hydrogen (secondary N) is 1. The number of amides is 1. The van der Waals surface area contributed by atoms with Crippen molar-refractivity contribution in [2.45, 2.75) is 13.3 Å². The molecule has 2 aromatic rings. The molecule has 8 nitrogen and oxygen atoms in total. The van der Waals surface area contributed by atoms with E-state index in [1.165, 1.54) is 31.4 Å². The summed E-state index contributed by atoms with van der Waals surface area (Å²) in [4.78, 5) is 22.6. The van der Waals surface area contributed by atoms with Gasteiger partial charge in [0.1, 0.15) is 5.75 Å². The van der Waals surface area contributed by atoms with Crippen LogP contribution in [-0.4, -0.2) is 31.7 Å². The quantitative estimate of drug-likeness (QED) is 0.396. The molecule has 0 heterocycles. The van der Waals surface area contributed by atoms with Gasteiger partial charge in [-0.3, -0.25) is 14.9 Å². The topological polar surface area (TPSA) is 99.9 Å². The molecular formula is C20H22N2O6. The number of hydrogen-bond acceptors (Lipinski definition) is 6. The fraction of sp³-hybridized carbons (Fsp3) is 0.250. The van der Waals surface area contributed by atoms with Gasteiger partial charge in [-0.05, 0) is 36.3 Å². The fourth-order valence-electron chi connectivity index (χ4n) is 2.37. The Kier molecular flexibility index (Phi) is 7.38. The first kappa shape index (κ1) is 20.8. The molecule has 148 valence electrons. The van der Waals surface area contributed by atoms with Gasteiger partial charge in [-0.2, -0.15) is 0 Å². The van der Waals surface area contributed by atoms with Crippen molar-refractivity contribution in [3.63, 3.8) is 0 Å². The maximum atomic E-state index is 12.2. The Morgan fingerprint density at radius 1 is 1.11 bits per heavy atom. The lowest BCUT2D eigenvalue weighted by atomic mass is 10.2. The average molecular weight is 386 g/mol. The number of methoxy groups -OCH3 is 2. The van der Waals surface area contributed by atoms with E-state index < -0.39 is 10.8 Å². The van der Waals surface area contributed by atoms with Crippen LogP contribution >= 0.6 is 0 Å². The van der Waals surface area contributed by atoms with Crippen LogP contribution in [0.4, 0.5) is 11.4 Å². The average Bonchev–Trinajstić information content (AvgIpc) is 2.70. The highest BCUT2D eigenvalue weighted by atomic mass is 16.6. The number of hydrogen-bond donors (Lipinski definition) is 1. The largest absolute Gasteiger partial charge is 0.495 e. The van der Waals surface area contributed by atoms with Crippen LogP contribution in [0.3, 0.4) is 0 Å². The van der Waals surface area contributed by atoms with E-state index in [4.69, 9.17) is 14.2 Å². The smallest absolute Gasteiger partial charge is 0.271 e. The maximum Gasteiger partial charge on any atom is 0.271 e. The molecule has 8 heteroatoms. The first-order chi connectivity index (χ1) is 13.5. The van der Waals surface area contributed by atoms with Crippen molar-refractivity contribution in [3.05, 3.63) is 58.2 Å². The summed E-state index contributed by atoms with van der Waals surface area (Å²) >= 11 is 0. The molecule has 2 rings (SSSR count). The van der Waals surface area contributed by atoms with E-state index in [9.17, 15) is 14.9 Å². The van der Waals surface area contributed by atoms with E-state index >= 15 is 0 Å². The predicted octanol–water partition coefficient (Wildman–Crippen LogP) is 4.05. The molecule has 28 heavy (non-hydrogen) atoms. The Balaban J connectivity index is 2.13. The zero-order valence-corrected chi connectivity index (χ0v) is 15.9. The molecule has 0 unspecified atom stereocenters. The second kappa shape index (κ2) is 9.96. The van der Waals surface area contributed by atoms with Crippen LogP contribution in [-0.2, 0) is 4.79 Å². The minimum absolute atomic E-state index is 0.146. The molecule has 0 atom stereocenters. The number of nitro groups is 1. The Morgan fingerprint density at radius 3 is 2.46 bits per heavy atom. The first-order valence-corrected chi connectivity index (χ1v) is 8.60. The number of non-ortho nitro benzene ring substituents is 1. The molecule has 0 aliphatic carbocycles. The van der Waals surface area contributed by atoms with E-state index in [0.717, 1.165) is 12.0 Å². The molecule has 0 radical (unpaired) electrons. The molecule has 1 N–H and O–H groups in total. The van der Waals surface area contributed by atoms with Gasteiger partial charge in [-0.1, -0.05) is 13.0 Å². The Labute approximate surface area is 162 Å². The number of carbonyl (C=O) groups is 1. The van der Waals surface area contributed by atoms with Crippen LogP contribution < -0.4 is 19.5 Å². The molecule has 0 saturated carbocycles. The molecule has 0 spiro atoms. The third-order valence-corrected chi connectivity index (χ3v) is 3.73. The lowest BCUT2D eigenvalue weighted by Gasteiger charge is -2.10. The number of benzene rings is 2. The monoisotopic (exact) mass is 386 g/mol. The second-order valence-corrected chi connectivity index (χ2v) is 5.72. The van der Waals surface area contributed by atoms with Crippen molar-refractivity contribution in [1.82, 2.24) is 0 Å². The first-order valence-electron chi connectivity index (χ1n) is 8.60. The van der Waals surface area contributed by atoms with Gasteiger partial charge in [0.2, 0.25) is 5.91 Å². The summed E-state index contributed by atoms with van der Waals surface area (Å²) in [5.41, 5.74) is 0.807. The number of rotatable bonds is 9. The SMILES string of the molecule is CCCOc1ccc(/C=C/C(=O)Nc2cc([N+](=O)[O-])ccc2OC)cc1OC. The van der Waals surface area contributed by atoms with E-state index in [2.05, 4.69) is 5.32 Å². The van der Waals surface area contributed by atoms with Gasteiger partial charge in [0.05, 0.1) is 31.4 Å². The second-order valence-electron chi connectivity index (χ2n) is 5.72. The van der Waals surface area contributed by atoms with Crippen LogP contribution in [0.5, 0.6) is 17.2 Å². The van der Waals surface area contributed by atoms with E-state index in [0.29, 0.717) is 23.9 Å². The standard InChI is InChI=1S/C20H22N2O6/c1-4-11-28-18-8-5-14(12-19(18)27-3)6-10-20(23)21-16-13-15(22(24)25)7-9-17(16)26-2/h5-10,12-13H,4,11H2,1-3H3,(H,21,23)/b10-6+. The number of anilines is 1. The lowest BCUT2D eigenvalue weighted by Crippen LogP contribution is -2.09. The zero-order chi connectivity index (χ0) is 20.5. The minimum atomic E-state index is -0.542. The maximum absolute atomic E-state index is 12.2. The number of nitrogens with zero attached hydrogens (tertiary/aromatic N) is 1. The molecule has 0 bridgehead atoms. The minimum Gasteiger partial charge on any atom is -0.495 e. The summed E-state index contributed by atoms with van der Waals surface area (Å²) < 4.78 is 16.0. The molecule has 0 aliphatic heterocycles. The summed E-state index contributed by atoms with van der Waals surface area (Å²) in [5.74, 6) is 1.07. The molecule has 1 amide bonds. The van der Waals surface area contributed by atoms with Crippen LogP contribution in [0.25, 0.3) is 6.08 Å². The zero-order valence-electron chi connectivity index (χ0n) is 15.9. The van der Waals surface area contributed by atoms with Crippen LogP contribution in [0.1, 0.15) is 18.9 Å². The van der Waals surface area contributed by atoms with Crippen molar-refractivity contribution in [3.8, 4) is 17.2 Å². The number of ether oxygens (including phenoxy) is 3. The van der Waals surface area contributed by atoms with E-state index in [1.807, 2.05) is 6.92 Å². The molecular weight excluding hydrogens is 364 g/mol. The van der Waals surface area contributed by atoms with Crippen molar-refractivity contribution < 1.29 is 23.9 Å². The van der Waals surface area contributed by atoms with Crippen LogP contribution in [0.15, 0.2) is 42.5 Å². The molecule has 2 aromatic carbocycles. The normalized spacial score (nSPS) is 10.5. The van der Waals surface area contributed by atoms with Gasteiger partial charge in [0, 0.05) is 18.2 Å². The van der Waals surface area contributed by atoms with Gasteiger partial charge < -0.3 is 19.5 Å². The number of nitro benzene ring substituents is 1. The summed E-state index contributed by atoms with van der Waals surface area (Å²) in [6.45, 7) is 2.59. The van der Waals surface area contributed by atoms with Crippen LogP contribution in [0.2, 0.25) is 0 Å². The molecule has 0 aromatic heterocycles. The summed E-state index contributed by atoms with van der Waals surface area (Å²) in [5, 5.41) is 13.5. The lowest BCUT2D eigenvalue weighted by molar-refractivity contribution is -0.384. The van der Waals surface area contributed by atoms with Crippen molar-refractivity contribution in [2.75, 3.05) is 26.1 Å². The Hall–Kier alpha value is -3.55. The third kappa shape index (κ3) is 5.47. The Bertz CT molecular complexity index is 879. The fourth-order valence-corrected chi connectivity index (χ4v) is 2.37. The van der Waals surface area contributed by atoms with Gasteiger partial charge >= 0.3 is 0 Å². The summed E-state index contributed by atoms with van der Waals surface area (Å²) in [7, 11) is 2.96. The van der Waals surface area contributed by atoms with Crippen molar-refractivity contribution >= 4 is 23.4 Å². The van der Waals surface area contributed by atoms with Gasteiger partial charge in [0.25, 0.3) is 5.69 Å².